The molecule has 0 saturated heterocycles. The lowest BCUT2D eigenvalue weighted by molar-refractivity contribution is 0.368. The van der Waals surface area contributed by atoms with Crippen LogP contribution >= 0.6 is 12.4 Å². The van der Waals surface area contributed by atoms with Crippen molar-refractivity contribution in [3.63, 3.8) is 0 Å². The van der Waals surface area contributed by atoms with Gasteiger partial charge in [0.05, 0.1) is 7.11 Å². The summed E-state index contributed by atoms with van der Waals surface area (Å²) < 4.78 is 18.1. The monoisotopic (exact) mass is 219 g/mol. The Bertz CT molecular complexity index is 309. The molecular weight excluding hydrogens is 205 g/mol. The second kappa shape index (κ2) is 4.62. The summed E-state index contributed by atoms with van der Waals surface area (Å²) >= 11 is 0. The number of methoxy groups -OCH3 is 1. The Labute approximate surface area is 89.7 Å². The first kappa shape index (κ1) is 13.2. The minimum atomic E-state index is -0.590. The van der Waals surface area contributed by atoms with Crippen LogP contribution in [0.15, 0.2) is 18.2 Å². The molecule has 1 aromatic rings. The van der Waals surface area contributed by atoms with Gasteiger partial charge in [0.15, 0.2) is 11.6 Å². The maximum Gasteiger partial charge on any atom is 0.165 e. The van der Waals surface area contributed by atoms with Crippen LogP contribution in [0.25, 0.3) is 0 Å². The summed E-state index contributed by atoms with van der Waals surface area (Å²) in [7, 11) is 1.44. The van der Waals surface area contributed by atoms with Crippen LogP contribution in [0.5, 0.6) is 5.75 Å². The SMILES string of the molecule is COc1c(F)cccc1C(C)(C)N.Cl. The van der Waals surface area contributed by atoms with Crippen LogP contribution < -0.4 is 10.5 Å². The fourth-order valence-corrected chi connectivity index (χ4v) is 1.22. The zero-order valence-corrected chi connectivity index (χ0v) is 9.32. The van der Waals surface area contributed by atoms with Crippen LogP contribution in [0.3, 0.4) is 0 Å². The Hall–Kier alpha value is -0.800. The van der Waals surface area contributed by atoms with Crippen molar-refractivity contribution in [1.29, 1.82) is 0 Å². The molecule has 0 radical (unpaired) electrons. The van der Waals surface area contributed by atoms with E-state index < -0.39 is 5.54 Å². The summed E-state index contributed by atoms with van der Waals surface area (Å²) in [4.78, 5) is 0. The van der Waals surface area contributed by atoms with Crippen LogP contribution in [0.2, 0.25) is 0 Å². The average molecular weight is 220 g/mol. The number of para-hydroxylation sites is 1. The second-order valence-corrected chi connectivity index (χ2v) is 3.54. The van der Waals surface area contributed by atoms with Gasteiger partial charge >= 0.3 is 0 Å². The van der Waals surface area contributed by atoms with E-state index in [9.17, 15) is 4.39 Å². The zero-order chi connectivity index (χ0) is 10.1. The van der Waals surface area contributed by atoms with Crippen molar-refractivity contribution in [2.24, 2.45) is 5.73 Å². The molecule has 0 fully saturated rings. The standard InChI is InChI=1S/C10H14FNO.ClH/c1-10(2,12)7-5-4-6-8(11)9(7)13-3;/h4-6H,12H2,1-3H3;1H. The van der Waals surface area contributed by atoms with Gasteiger partial charge in [0.2, 0.25) is 0 Å². The molecule has 4 heteroatoms. The normalized spacial score (nSPS) is 10.6. The number of rotatable bonds is 2. The van der Waals surface area contributed by atoms with Crippen molar-refractivity contribution >= 4 is 12.4 Å². The van der Waals surface area contributed by atoms with E-state index in [2.05, 4.69) is 0 Å². The molecule has 0 bridgehead atoms. The van der Waals surface area contributed by atoms with Gasteiger partial charge in [0.25, 0.3) is 0 Å². The summed E-state index contributed by atoms with van der Waals surface area (Å²) in [6.45, 7) is 3.62. The highest BCUT2D eigenvalue weighted by Gasteiger charge is 2.21. The highest BCUT2D eigenvalue weighted by molar-refractivity contribution is 5.85. The van der Waals surface area contributed by atoms with Gasteiger partial charge in [0.1, 0.15) is 0 Å². The fraction of sp³-hybridized carbons (Fsp3) is 0.400. The second-order valence-electron chi connectivity index (χ2n) is 3.54. The van der Waals surface area contributed by atoms with Crippen molar-refractivity contribution < 1.29 is 9.13 Å². The van der Waals surface area contributed by atoms with Gasteiger partial charge in [-0.1, -0.05) is 12.1 Å². The zero-order valence-electron chi connectivity index (χ0n) is 8.50. The van der Waals surface area contributed by atoms with Crippen LogP contribution in [-0.2, 0) is 5.54 Å². The van der Waals surface area contributed by atoms with E-state index in [1.165, 1.54) is 13.2 Å². The topological polar surface area (TPSA) is 35.2 Å². The van der Waals surface area contributed by atoms with E-state index in [0.29, 0.717) is 5.56 Å². The molecule has 0 heterocycles. The molecule has 1 rings (SSSR count). The van der Waals surface area contributed by atoms with E-state index >= 15 is 0 Å². The maximum absolute atomic E-state index is 13.2. The van der Waals surface area contributed by atoms with Crippen LogP contribution in [-0.4, -0.2) is 7.11 Å². The minimum absolute atomic E-state index is 0. The molecule has 0 aliphatic rings. The van der Waals surface area contributed by atoms with Gasteiger partial charge in [-0.05, 0) is 19.9 Å². The van der Waals surface area contributed by atoms with Crippen molar-refractivity contribution in [3.05, 3.63) is 29.6 Å². The van der Waals surface area contributed by atoms with Crippen molar-refractivity contribution in [2.75, 3.05) is 7.11 Å². The van der Waals surface area contributed by atoms with E-state index in [-0.39, 0.29) is 24.0 Å². The Balaban J connectivity index is 0.00000169. The third-order valence-electron chi connectivity index (χ3n) is 1.87. The largest absolute Gasteiger partial charge is 0.493 e. The number of hydrogen-bond acceptors (Lipinski definition) is 2. The summed E-state index contributed by atoms with van der Waals surface area (Å²) in [5, 5.41) is 0. The highest BCUT2D eigenvalue weighted by Crippen LogP contribution is 2.29. The van der Waals surface area contributed by atoms with Gasteiger partial charge < -0.3 is 10.5 Å². The molecule has 1 aromatic carbocycles. The molecular formula is C10H15ClFNO. The fourth-order valence-electron chi connectivity index (χ4n) is 1.22. The molecule has 2 N–H and O–H groups in total. The van der Waals surface area contributed by atoms with Gasteiger partial charge in [-0.3, -0.25) is 0 Å². The number of benzene rings is 1. The first-order valence-corrected chi connectivity index (χ1v) is 4.08. The molecule has 0 aromatic heterocycles. The predicted molar refractivity (Wildman–Crippen MR) is 57.4 cm³/mol. The lowest BCUT2D eigenvalue weighted by Gasteiger charge is -2.21. The van der Waals surface area contributed by atoms with Gasteiger partial charge in [-0.2, -0.15) is 0 Å². The quantitative estimate of drug-likeness (QED) is 0.830. The summed E-state index contributed by atoms with van der Waals surface area (Å²) in [6, 6.07) is 4.75. The number of hydrogen-bond donors (Lipinski definition) is 1. The van der Waals surface area contributed by atoms with Crippen LogP contribution in [0.1, 0.15) is 19.4 Å². The van der Waals surface area contributed by atoms with Crippen molar-refractivity contribution in [3.8, 4) is 5.75 Å². The van der Waals surface area contributed by atoms with Crippen molar-refractivity contribution in [1.82, 2.24) is 0 Å². The molecule has 0 unspecified atom stereocenters. The Morgan fingerprint density at radius 3 is 2.29 bits per heavy atom. The Morgan fingerprint density at radius 2 is 1.93 bits per heavy atom. The molecule has 0 amide bonds. The summed E-state index contributed by atoms with van der Waals surface area (Å²) in [5.41, 5.74) is 5.94. The van der Waals surface area contributed by atoms with Crippen molar-refractivity contribution in [2.45, 2.75) is 19.4 Å². The Kier molecular flexibility index (Phi) is 4.36. The Morgan fingerprint density at radius 1 is 1.36 bits per heavy atom. The first-order valence-electron chi connectivity index (χ1n) is 4.08. The van der Waals surface area contributed by atoms with Crippen LogP contribution in [0.4, 0.5) is 4.39 Å². The van der Waals surface area contributed by atoms with E-state index in [1.54, 1.807) is 12.1 Å². The van der Waals surface area contributed by atoms with Gasteiger partial charge in [-0.25, -0.2) is 4.39 Å². The first-order chi connectivity index (χ1) is 5.96. The maximum atomic E-state index is 13.2. The predicted octanol–water partition coefficient (Wildman–Crippen LogP) is 2.45. The average Bonchev–Trinajstić information content (AvgIpc) is 2.02. The summed E-state index contributed by atoms with van der Waals surface area (Å²) in [6.07, 6.45) is 0. The third kappa shape index (κ3) is 2.59. The highest BCUT2D eigenvalue weighted by atomic mass is 35.5. The van der Waals surface area contributed by atoms with E-state index in [1.807, 2.05) is 13.8 Å². The molecule has 0 atom stereocenters. The lowest BCUT2D eigenvalue weighted by atomic mass is 9.94. The molecule has 80 valence electrons. The molecule has 0 saturated carbocycles. The van der Waals surface area contributed by atoms with E-state index in [4.69, 9.17) is 10.5 Å². The third-order valence-corrected chi connectivity index (χ3v) is 1.87. The molecule has 0 aliphatic carbocycles. The van der Waals surface area contributed by atoms with Crippen LogP contribution in [0, 0.1) is 5.82 Å². The van der Waals surface area contributed by atoms with Gasteiger partial charge in [-0.15, -0.1) is 12.4 Å². The molecule has 14 heavy (non-hydrogen) atoms. The molecule has 2 nitrogen and oxygen atoms in total. The van der Waals surface area contributed by atoms with E-state index in [0.717, 1.165) is 0 Å². The summed E-state index contributed by atoms with van der Waals surface area (Å²) in [5.74, 6) is -0.145. The minimum Gasteiger partial charge on any atom is -0.493 e. The molecule has 0 aliphatic heterocycles. The number of ether oxygens (including phenoxy) is 1. The molecule has 0 spiro atoms. The smallest absolute Gasteiger partial charge is 0.165 e. The number of nitrogens with two attached hydrogens (primary N) is 1. The number of halogens is 2. The van der Waals surface area contributed by atoms with Gasteiger partial charge in [0, 0.05) is 11.1 Å². The lowest BCUT2D eigenvalue weighted by Crippen LogP contribution is -2.29.